The van der Waals surface area contributed by atoms with Gasteiger partial charge in [0.2, 0.25) is 11.8 Å². The Hall–Kier alpha value is -1.88. The van der Waals surface area contributed by atoms with Crippen LogP contribution in [0.1, 0.15) is 38.2 Å². The minimum Gasteiger partial charge on any atom is -0.351 e. The summed E-state index contributed by atoms with van der Waals surface area (Å²) in [7, 11) is 0. The number of carbonyl (C=O) groups is 2. The molecule has 2 amide bonds. The van der Waals surface area contributed by atoms with E-state index < -0.39 is 6.04 Å². The smallest absolute Gasteiger partial charge is 0.237 e. The van der Waals surface area contributed by atoms with Crippen molar-refractivity contribution in [3.8, 4) is 0 Å². The monoisotopic (exact) mass is 289 g/mol. The van der Waals surface area contributed by atoms with Gasteiger partial charge in [0.25, 0.3) is 0 Å². The predicted octanol–water partition coefficient (Wildman–Crippen LogP) is 1.78. The van der Waals surface area contributed by atoms with E-state index in [9.17, 15) is 9.59 Å². The summed E-state index contributed by atoms with van der Waals surface area (Å²) < 4.78 is 0. The number of amides is 2. The van der Waals surface area contributed by atoms with E-state index in [-0.39, 0.29) is 17.7 Å². The van der Waals surface area contributed by atoms with Crippen molar-refractivity contribution in [3.63, 3.8) is 0 Å². The van der Waals surface area contributed by atoms with Gasteiger partial charge in [-0.25, -0.2) is 0 Å². The van der Waals surface area contributed by atoms with E-state index in [1.807, 2.05) is 31.2 Å². The van der Waals surface area contributed by atoms with Crippen LogP contribution in [0.25, 0.3) is 0 Å². The molecule has 1 aromatic carbocycles. The summed E-state index contributed by atoms with van der Waals surface area (Å²) in [6.45, 7) is 2.42. The summed E-state index contributed by atoms with van der Waals surface area (Å²) in [6, 6.07) is 7.07. The average Bonchev–Trinajstić information content (AvgIpc) is 3.30. The van der Waals surface area contributed by atoms with Gasteiger partial charge in [0.1, 0.15) is 0 Å². The zero-order valence-electron chi connectivity index (χ0n) is 12.4. The van der Waals surface area contributed by atoms with Crippen molar-refractivity contribution < 1.29 is 9.59 Å². The van der Waals surface area contributed by atoms with Crippen LogP contribution in [0.2, 0.25) is 0 Å². The van der Waals surface area contributed by atoms with Gasteiger partial charge in [-0.3, -0.25) is 9.59 Å². The van der Waals surface area contributed by atoms with Crippen molar-refractivity contribution in [2.45, 2.75) is 45.2 Å². The fourth-order valence-electron chi connectivity index (χ4n) is 2.11. The molecule has 1 fully saturated rings. The van der Waals surface area contributed by atoms with Crippen LogP contribution in [0.5, 0.6) is 0 Å². The summed E-state index contributed by atoms with van der Waals surface area (Å²) in [5, 5.41) is 5.72. The molecule has 0 saturated heterocycles. The third kappa shape index (κ3) is 4.86. The molecule has 21 heavy (non-hydrogen) atoms. The largest absolute Gasteiger partial charge is 0.351 e. The Morgan fingerprint density at radius 3 is 2.81 bits per heavy atom. The topological polar surface area (TPSA) is 84.2 Å². The zero-order chi connectivity index (χ0) is 15.2. The predicted molar refractivity (Wildman–Crippen MR) is 82.5 cm³/mol. The van der Waals surface area contributed by atoms with Gasteiger partial charge in [0.05, 0.1) is 6.04 Å². The SMILES string of the molecule is CCCC(N)C(=O)NCc1cccc(NC(=O)C2CC2)c1. The molecule has 0 bridgehead atoms. The maximum atomic E-state index is 11.8. The van der Waals surface area contributed by atoms with Crippen molar-refractivity contribution >= 4 is 17.5 Å². The lowest BCUT2D eigenvalue weighted by atomic mass is 10.1. The molecule has 1 atom stereocenters. The number of benzene rings is 1. The van der Waals surface area contributed by atoms with E-state index in [4.69, 9.17) is 5.73 Å². The van der Waals surface area contributed by atoms with Gasteiger partial charge in [-0.2, -0.15) is 0 Å². The van der Waals surface area contributed by atoms with E-state index in [1.54, 1.807) is 0 Å². The molecule has 5 nitrogen and oxygen atoms in total. The van der Waals surface area contributed by atoms with Crippen molar-refractivity contribution in [1.82, 2.24) is 5.32 Å². The molecule has 2 rings (SSSR count). The van der Waals surface area contributed by atoms with Crippen LogP contribution >= 0.6 is 0 Å². The molecule has 0 heterocycles. The van der Waals surface area contributed by atoms with Crippen molar-refractivity contribution in [1.29, 1.82) is 0 Å². The number of nitrogens with two attached hydrogens (primary N) is 1. The van der Waals surface area contributed by atoms with E-state index in [0.29, 0.717) is 13.0 Å². The Bertz CT molecular complexity index is 512. The molecule has 1 aliphatic carbocycles. The van der Waals surface area contributed by atoms with Gasteiger partial charge in [-0.05, 0) is 37.0 Å². The van der Waals surface area contributed by atoms with Crippen molar-refractivity contribution in [2.75, 3.05) is 5.32 Å². The van der Waals surface area contributed by atoms with Gasteiger partial charge >= 0.3 is 0 Å². The second-order valence-corrected chi connectivity index (χ2v) is 5.58. The summed E-state index contributed by atoms with van der Waals surface area (Å²) in [5.74, 6) is 0.130. The Kier molecular flexibility index (Phi) is 5.33. The van der Waals surface area contributed by atoms with E-state index in [1.165, 1.54) is 0 Å². The standard InChI is InChI=1S/C16H23N3O2/c1-2-4-14(17)16(21)18-10-11-5-3-6-13(9-11)19-15(20)12-7-8-12/h3,5-6,9,12,14H,2,4,7-8,10,17H2,1H3,(H,18,21)(H,19,20). The van der Waals surface area contributed by atoms with Crippen LogP contribution in [-0.4, -0.2) is 17.9 Å². The first-order valence-corrected chi connectivity index (χ1v) is 7.53. The molecule has 0 radical (unpaired) electrons. The fraction of sp³-hybridized carbons (Fsp3) is 0.500. The lowest BCUT2D eigenvalue weighted by Gasteiger charge is -2.12. The second kappa shape index (κ2) is 7.22. The van der Waals surface area contributed by atoms with Gasteiger partial charge in [-0.15, -0.1) is 0 Å². The molecule has 114 valence electrons. The van der Waals surface area contributed by atoms with Crippen LogP contribution in [0.3, 0.4) is 0 Å². The molecule has 1 aliphatic rings. The Morgan fingerprint density at radius 1 is 1.38 bits per heavy atom. The fourth-order valence-corrected chi connectivity index (χ4v) is 2.11. The molecule has 1 unspecified atom stereocenters. The highest BCUT2D eigenvalue weighted by atomic mass is 16.2. The molecule has 0 aromatic heterocycles. The van der Waals surface area contributed by atoms with Crippen LogP contribution in [0.15, 0.2) is 24.3 Å². The number of nitrogens with one attached hydrogen (secondary N) is 2. The van der Waals surface area contributed by atoms with Gasteiger partial charge in [-0.1, -0.05) is 25.5 Å². The molecule has 4 N–H and O–H groups in total. The van der Waals surface area contributed by atoms with Crippen molar-refractivity contribution in [2.24, 2.45) is 11.7 Å². The quantitative estimate of drug-likeness (QED) is 0.715. The maximum absolute atomic E-state index is 11.8. The van der Waals surface area contributed by atoms with Gasteiger partial charge in [0.15, 0.2) is 0 Å². The average molecular weight is 289 g/mol. The van der Waals surface area contributed by atoms with Crippen molar-refractivity contribution in [3.05, 3.63) is 29.8 Å². The summed E-state index contributed by atoms with van der Waals surface area (Å²) >= 11 is 0. The first kappa shape index (κ1) is 15.5. The molecule has 0 spiro atoms. The minimum absolute atomic E-state index is 0.0844. The highest BCUT2D eigenvalue weighted by Crippen LogP contribution is 2.30. The van der Waals surface area contributed by atoms with Crippen LogP contribution in [0, 0.1) is 5.92 Å². The lowest BCUT2D eigenvalue weighted by Crippen LogP contribution is -2.40. The number of hydrogen-bond acceptors (Lipinski definition) is 3. The summed E-state index contributed by atoms with van der Waals surface area (Å²) in [4.78, 5) is 23.5. The third-order valence-electron chi connectivity index (χ3n) is 3.55. The number of hydrogen-bond donors (Lipinski definition) is 3. The van der Waals surface area contributed by atoms with Gasteiger partial charge in [0, 0.05) is 18.2 Å². The molecule has 5 heteroatoms. The Labute approximate surface area is 125 Å². The third-order valence-corrected chi connectivity index (χ3v) is 3.55. The van der Waals surface area contributed by atoms with Gasteiger partial charge < -0.3 is 16.4 Å². The Balaban J connectivity index is 1.85. The molecule has 0 aliphatic heterocycles. The van der Waals surface area contributed by atoms with Crippen LogP contribution in [-0.2, 0) is 16.1 Å². The highest BCUT2D eigenvalue weighted by molar-refractivity contribution is 5.94. The first-order chi connectivity index (χ1) is 10.1. The number of carbonyl (C=O) groups excluding carboxylic acids is 2. The normalized spacial score (nSPS) is 15.3. The van der Waals surface area contributed by atoms with Crippen LogP contribution < -0.4 is 16.4 Å². The maximum Gasteiger partial charge on any atom is 0.237 e. The summed E-state index contributed by atoms with van der Waals surface area (Å²) in [5.41, 5.74) is 7.48. The Morgan fingerprint density at radius 2 is 2.14 bits per heavy atom. The number of rotatable bonds is 7. The zero-order valence-corrected chi connectivity index (χ0v) is 12.4. The second-order valence-electron chi connectivity index (χ2n) is 5.58. The lowest BCUT2D eigenvalue weighted by molar-refractivity contribution is -0.122. The summed E-state index contributed by atoms with van der Waals surface area (Å²) in [6.07, 6.45) is 3.54. The van der Waals surface area contributed by atoms with Crippen LogP contribution in [0.4, 0.5) is 5.69 Å². The first-order valence-electron chi connectivity index (χ1n) is 7.53. The highest BCUT2D eigenvalue weighted by Gasteiger charge is 2.29. The molecular weight excluding hydrogens is 266 g/mol. The number of anilines is 1. The molecule has 1 aromatic rings. The van der Waals surface area contributed by atoms with E-state index in [2.05, 4.69) is 10.6 Å². The van der Waals surface area contributed by atoms with E-state index in [0.717, 1.165) is 30.5 Å². The van der Waals surface area contributed by atoms with E-state index >= 15 is 0 Å². The minimum atomic E-state index is -0.451. The molecule has 1 saturated carbocycles. The molecular formula is C16H23N3O2.